The molecule has 2 rings (SSSR count). The van der Waals surface area contributed by atoms with E-state index in [9.17, 15) is 14.9 Å². The molecule has 2 unspecified atom stereocenters. The molecule has 0 amide bonds. The largest absolute Gasteiger partial charge is 0.480 e. The second-order valence-electron chi connectivity index (χ2n) is 3.92. The third-order valence-corrected chi connectivity index (χ3v) is 2.91. The summed E-state index contributed by atoms with van der Waals surface area (Å²) in [7, 11) is 0. The molecule has 0 heterocycles. The maximum Gasteiger partial charge on any atom is 0.324 e. The third-order valence-electron chi connectivity index (χ3n) is 2.91. The Hall–Kier alpha value is -1.95. The summed E-state index contributed by atoms with van der Waals surface area (Å²) in [5, 5.41) is 19.6. The first-order valence-corrected chi connectivity index (χ1v) is 4.72. The first-order chi connectivity index (χ1) is 7.47. The number of carbonyl (C=O) groups is 1. The van der Waals surface area contributed by atoms with E-state index in [2.05, 4.69) is 0 Å². The van der Waals surface area contributed by atoms with Crippen LogP contribution in [0.4, 0.5) is 5.69 Å². The van der Waals surface area contributed by atoms with E-state index in [1.54, 1.807) is 18.2 Å². The van der Waals surface area contributed by atoms with Crippen LogP contribution >= 0.6 is 0 Å². The maximum absolute atomic E-state index is 10.9. The van der Waals surface area contributed by atoms with Gasteiger partial charge in [-0.05, 0) is 6.42 Å². The Morgan fingerprint density at radius 1 is 1.56 bits per heavy atom. The summed E-state index contributed by atoms with van der Waals surface area (Å²) in [6, 6.07) is 6.10. The molecule has 0 spiro atoms. The lowest BCUT2D eigenvalue weighted by Gasteiger charge is -2.05. The fourth-order valence-corrected chi connectivity index (χ4v) is 1.85. The lowest BCUT2D eigenvalue weighted by atomic mass is 10.0. The minimum Gasteiger partial charge on any atom is -0.480 e. The average Bonchev–Trinajstić information content (AvgIpc) is 2.92. The van der Waals surface area contributed by atoms with E-state index >= 15 is 0 Å². The van der Waals surface area contributed by atoms with E-state index in [0.29, 0.717) is 5.56 Å². The van der Waals surface area contributed by atoms with Crippen LogP contribution in [-0.2, 0) is 4.79 Å². The zero-order chi connectivity index (χ0) is 11.9. The number of nitro benzene ring substituents is 1. The number of nitro groups is 1. The second-order valence-corrected chi connectivity index (χ2v) is 3.92. The third kappa shape index (κ3) is 1.43. The molecule has 1 aromatic rings. The number of aliphatic carboxylic acids is 1. The smallest absolute Gasteiger partial charge is 0.324 e. The van der Waals surface area contributed by atoms with Gasteiger partial charge in [-0.2, -0.15) is 0 Å². The van der Waals surface area contributed by atoms with Crippen molar-refractivity contribution in [1.82, 2.24) is 0 Å². The minimum absolute atomic E-state index is 0.0684. The molecule has 6 heteroatoms. The van der Waals surface area contributed by atoms with Gasteiger partial charge in [0, 0.05) is 17.5 Å². The maximum atomic E-state index is 10.9. The Balaban J connectivity index is 2.37. The molecular formula is C10H10N2O4. The van der Waals surface area contributed by atoms with Crippen molar-refractivity contribution in [3.05, 3.63) is 39.9 Å². The van der Waals surface area contributed by atoms with Gasteiger partial charge in [-0.15, -0.1) is 0 Å². The Morgan fingerprint density at radius 2 is 2.19 bits per heavy atom. The molecule has 0 aliphatic heterocycles. The Morgan fingerprint density at radius 3 is 2.69 bits per heavy atom. The van der Waals surface area contributed by atoms with Crippen LogP contribution in [0.5, 0.6) is 0 Å². The SMILES string of the molecule is NC1(C(=O)O)CC1c1ccccc1[N+](=O)[O-]. The van der Waals surface area contributed by atoms with Crippen LogP contribution in [-0.4, -0.2) is 21.5 Å². The number of rotatable bonds is 3. The predicted molar refractivity (Wildman–Crippen MR) is 55.0 cm³/mol. The number of benzene rings is 1. The van der Waals surface area contributed by atoms with Gasteiger partial charge in [-0.25, -0.2) is 0 Å². The molecule has 0 radical (unpaired) electrons. The standard InChI is InChI=1S/C10H10N2O4/c11-10(9(13)14)5-7(10)6-3-1-2-4-8(6)12(15)16/h1-4,7H,5,11H2,(H,13,14). The van der Waals surface area contributed by atoms with Crippen molar-refractivity contribution in [1.29, 1.82) is 0 Å². The second kappa shape index (κ2) is 3.28. The van der Waals surface area contributed by atoms with Gasteiger partial charge in [-0.1, -0.05) is 18.2 Å². The van der Waals surface area contributed by atoms with E-state index in [-0.39, 0.29) is 12.1 Å². The molecule has 1 saturated carbocycles. The zero-order valence-corrected chi connectivity index (χ0v) is 8.29. The van der Waals surface area contributed by atoms with Gasteiger partial charge in [0.25, 0.3) is 5.69 Å². The first kappa shape index (κ1) is 10.6. The fraction of sp³-hybridized carbons (Fsp3) is 0.300. The number of para-hydroxylation sites is 1. The van der Waals surface area contributed by atoms with Gasteiger partial charge in [-0.3, -0.25) is 14.9 Å². The predicted octanol–water partition coefficient (Wildman–Crippen LogP) is 0.864. The van der Waals surface area contributed by atoms with Crippen molar-refractivity contribution in [2.75, 3.05) is 0 Å². The van der Waals surface area contributed by atoms with Crippen LogP contribution in [0.1, 0.15) is 17.9 Å². The fourth-order valence-electron chi connectivity index (χ4n) is 1.85. The summed E-state index contributed by atoms with van der Waals surface area (Å²) in [5.41, 5.74) is 4.60. The molecule has 1 fully saturated rings. The van der Waals surface area contributed by atoms with Crippen molar-refractivity contribution in [2.45, 2.75) is 17.9 Å². The van der Waals surface area contributed by atoms with Crippen molar-refractivity contribution < 1.29 is 14.8 Å². The normalized spacial score (nSPS) is 27.4. The summed E-state index contributed by atoms with van der Waals surface area (Å²) in [5.74, 6) is -1.58. The van der Waals surface area contributed by atoms with E-state index in [1.165, 1.54) is 6.07 Å². The lowest BCUT2D eigenvalue weighted by Crippen LogP contribution is -2.34. The number of nitrogens with two attached hydrogens (primary N) is 1. The highest BCUT2D eigenvalue weighted by Crippen LogP contribution is 2.51. The molecule has 1 aliphatic carbocycles. The van der Waals surface area contributed by atoms with Crippen molar-refractivity contribution in [3.63, 3.8) is 0 Å². The molecule has 16 heavy (non-hydrogen) atoms. The Bertz CT molecular complexity index is 474. The van der Waals surface area contributed by atoms with Gasteiger partial charge < -0.3 is 10.8 Å². The highest BCUT2D eigenvalue weighted by molar-refractivity contribution is 5.85. The van der Waals surface area contributed by atoms with Crippen LogP contribution in [0.3, 0.4) is 0 Å². The average molecular weight is 222 g/mol. The minimum atomic E-state index is -1.34. The summed E-state index contributed by atoms with van der Waals surface area (Å²) in [4.78, 5) is 21.1. The summed E-state index contributed by atoms with van der Waals surface area (Å²) in [6.45, 7) is 0. The number of hydrogen-bond donors (Lipinski definition) is 2. The van der Waals surface area contributed by atoms with Crippen LogP contribution in [0.15, 0.2) is 24.3 Å². The molecule has 0 saturated heterocycles. The van der Waals surface area contributed by atoms with Crippen molar-refractivity contribution >= 4 is 11.7 Å². The quantitative estimate of drug-likeness (QED) is 0.582. The van der Waals surface area contributed by atoms with Gasteiger partial charge in [0.05, 0.1) is 4.92 Å². The number of carboxylic acid groups (broad SMARTS) is 1. The summed E-state index contributed by atoms with van der Waals surface area (Å²) >= 11 is 0. The lowest BCUT2D eigenvalue weighted by molar-refractivity contribution is -0.385. The molecular weight excluding hydrogens is 212 g/mol. The summed E-state index contributed by atoms with van der Waals surface area (Å²) in [6.07, 6.45) is 0.243. The Labute approximate surface area is 90.8 Å². The first-order valence-electron chi connectivity index (χ1n) is 4.72. The number of nitrogens with zero attached hydrogens (tertiary/aromatic N) is 1. The Kier molecular flexibility index (Phi) is 2.16. The van der Waals surface area contributed by atoms with E-state index in [0.717, 1.165) is 0 Å². The molecule has 1 aliphatic rings. The van der Waals surface area contributed by atoms with Crippen LogP contribution in [0.2, 0.25) is 0 Å². The van der Waals surface area contributed by atoms with Crippen LogP contribution in [0, 0.1) is 10.1 Å². The van der Waals surface area contributed by atoms with Gasteiger partial charge in [0.15, 0.2) is 0 Å². The van der Waals surface area contributed by atoms with Crippen LogP contribution < -0.4 is 5.73 Å². The van der Waals surface area contributed by atoms with Crippen molar-refractivity contribution in [3.8, 4) is 0 Å². The van der Waals surface area contributed by atoms with Crippen molar-refractivity contribution in [2.24, 2.45) is 5.73 Å². The monoisotopic (exact) mass is 222 g/mol. The molecule has 84 valence electrons. The van der Waals surface area contributed by atoms with Gasteiger partial charge >= 0.3 is 5.97 Å². The van der Waals surface area contributed by atoms with E-state index < -0.39 is 22.3 Å². The van der Waals surface area contributed by atoms with Gasteiger partial charge in [0.1, 0.15) is 5.54 Å². The molecule has 2 atom stereocenters. The van der Waals surface area contributed by atoms with E-state index in [4.69, 9.17) is 10.8 Å². The van der Waals surface area contributed by atoms with Crippen LogP contribution in [0.25, 0.3) is 0 Å². The summed E-state index contributed by atoms with van der Waals surface area (Å²) < 4.78 is 0. The topological polar surface area (TPSA) is 106 Å². The highest BCUT2D eigenvalue weighted by atomic mass is 16.6. The van der Waals surface area contributed by atoms with E-state index in [1.807, 2.05) is 0 Å². The molecule has 0 aromatic heterocycles. The molecule has 1 aromatic carbocycles. The number of carboxylic acids is 1. The highest BCUT2D eigenvalue weighted by Gasteiger charge is 2.59. The molecule has 0 bridgehead atoms. The zero-order valence-electron chi connectivity index (χ0n) is 8.29. The van der Waals surface area contributed by atoms with Gasteiger partial charge in [0.2, 0.25) is 0 Å². The molecule has 6 nitrogen and oxygen atoms in total. The number of hydrogen-bond acceptors (Lipinski definition) is 4. The molecule has 3 N–H and O–H groups in total.